The topological polar surface area (TPSA) is 41.1 Å². The number of carbonyl (C=O) groups is 1. The van der Waals surface area contributed by atoms with Crippen molar-refractivity contribution in [1.82, 2.24) is 5.32 Å². The fraction of sp³-hybridized carbons (Fsp3) is 0. The van der Waals surface area contributed by atoms with E-state index in [4.69, 9.17) is 47.0 Å². The molecule has 0 bridgehead atoms. The van der Waals surface area contributed by atoms with E-state index in [2.05, 4.69) is 10.6 Å². The second-order valence-corrected chi connectivity index (χ2v) is 6.06. The zero-order valence-corrected chi connectivity index (χ0v) is 14.7. The van der Waals surface area contributed by atoms with Crippen LogP contribution >= 0.6 is 47.0 Å². The molecule has 2 aromatic carbocycles. The maximum atomic E-state index is 11.8. The van der Waals surface area contributed by atoms with Crippen molar-refractivity contribution in [2.45, 2.75) is 0 Å². The molecule has 0 unspecified atom stereocenters. The zero-order chi connectivity index (χ0) is 16.8. The van der Waals surface area contributed by atoms with Gasteiger partial charge in [0.1, 0.15) is 0 Å². The van der Waals surface area contributed by atoms with Gasteiger partial charge in [-0.15, -0.1) is 0 Å². The predicted octanol–water partition coefficient (Wildman–Crippen LogP) is 5.17. The Hall–Kier alpha value is -1.59. The molecule has 1 amide bonds. The fourth-order valence-electron chi connectivity index (χ4n) is 1.65. The van der Waals surface area contributed by atoms with Crippen LogP contribution in [0.3, 0.4) is 0 Å². The Balaban J connectivity index is 1.93. The lowest BCUT2D eigenvalue weighted by molar-refractivity contribution is -0.115. The molecule has 2 rings (SSSR count). The maximum absolute atomic E-state index is 11.8. The van der Waals surface area contributed by atoms with E-state index >= 15 is 0 Å². The summed E-state index contributed by atoms with van der Waals surface area (Å²) in [7, 11) is 0. The number of carbonyl (C=O) groups excluding carboxylic acids is 1. The average molecular weight is 386 g/mol. The second-order valence-electron chi connectivity index (χ2n) is 4.43. The summed E-state index contributed by atoms with van der Waals surface area (Å²) in [4.78, 5) is 11.8. The minimum absolute atomic E-state index is 0.125. The third kappa shape index (κ3) is 5.52. The number of hydrogen-bond acceptors (Lipinski definition) is 2. The van der Waals surface area contributed by atoms with E-state index in [1.165, 1.54) is 6.08 Å². The third-order valence-corrected chi connectivity index (χ3v) is 4.01. The van der Waals surface area contributed by atoms with Crippen molar-refractivity contribution in [3.05, 3.63) is 69.2 Å². The lowest BCUT2D eigenvalue weighted by Gasteiger charge is -2.10. The first-order chi connectivity index (χ1) is 11.0. The van der Waals surface area contributed by atoms with E-state index in [1.54, 1.807) is 48.5 Å². The van der Waals surface area contributed by atoms with Crippen LogP contribution < -0.4 is 10.6 Å². The molecular formula is C16H11Cl3N2OS. The van der Waals surface area contributed by atoms with Gasteiger partial charge in [-0.25, -0.2) is 0 Å². The van der Waals surface area contributed by atoms with Crippen LogP contribution in [0, 0.1) is 0 Å². The average Bonchev–Trinajstić information content (AvgIpc) is 2.51. The molecule has 0 aliphatic carbocycles. The first-order valence-electron chi connectivity index (χ1n) is 6.45. The summed E-state index contributed by atoms with van der Waals surface area (Å²) in [6.07, 6.45) is 3.03. The second kappa shape index (κ2) is 8.31. The number of nitrogens with one attached hydrogen (secondary N) is 2. The van der Waals surface area contributed by atoms with Crippen molar-refractivity contribution >= 4 is 69.8 Å². The van der Waals surface area contributed by atoms with Gasteiger partial charge >= 0.3 is 0 Å². The van der Waals surface area contributed by atoms with E-state index in [0.29, 0.717) is 20.8 Å². The summed E-state index contributed by atoms with van der Waals surface area (Å²) < 4.78 is 0. The molecule has 0 heterocycles. The highest BCUT2D eigenvalue weighted by Gasteiger charge is 2.07. The highest BCUT2D eigenvalue weighted by atomic mass is 35.5. The molecule has 0 aliphatic heterocycles. The number of amides is 1. The molecule has 0 atom stereocenters. The molecular weight excluding hydrogens is 375 g/mol. The molecule has 0 saturated carbocycles. The molecule has 7 heteroatoms. The quantitative estimate of drug-likeness (QED) is 0.565. The third-order valence-electron chi connectivity index (χ3n) is 2.73. The highest BCUT2D eigenvalue weighted by Crippen LogP contribution is 2.29. The molecule has 2 aromatic rings. The summed E-state index contributed by atoms with van der Waals surface area (Å²) in [6.45, 7) is 0. The fourth-order valence-corrected chi connectivity index (χ4v) is 2.34. The van der Waals surface area contributed by atoms with Crippen LogP contribution in [0.2, 0.25) is 15.1 Å². The number of halogens is 3. The predicted molar refractivity (Wildman–Crippen MR) is 101 cm³/mol. The molecule has 0 aliphatic rings. The van der Waals surface area contributed by atoms with Crippen LogP contribution in [0.5, 0.6) is 0 Å². The lowest BCUT2D eigenvalue weighted by atomic mass is 10.2. The van der Waals surface area contributed by atoms with Crippen molar-refractivity contribution < 1.29 is 4.79 Å². The van der Waals surface area contributed by atoms with Crippen LogP contribution in [-0.4, -0.2) is 11.0 Å². The molecule has 2 N–H and O–H groups in total. The minimum Gasteiger partial charge on any atom is -0.331 e. The summed E-state index contributed by atoms with van der Waals surface area (Å²) >= 11 is 22.8. The Morgan fingerprint density at radius 3 is 2.43 bits per heavy atom. The maximum Gasteiger partial charge on any atom is 0.250 e. The Labute approximate surface area is 154 Å². The van der Waals surface area contributed by atoms with Gasteiger partial charge in [-0.2, -0.15) is 0 Å². The van der Waals surface area contributed by atoms with E-state index < -0.39 is 0 Å². The van der Waals surface area contributed by atoms with Gasteiger partial charge in [0.2, 0.25) is 5.91 Å². The number of hydrogen-bond donors (Lipinski definition) is 2. The molecule has 23 heavy (non-hydrogen) atoms. The highest BCUT2D eigenvalue weighted by molar-refractivity contribution is 7.80. The van der Waals surface area contributed by atoms with Gasteiger partial charge in [-0.05, 0) is 48.1 Å². The van der Waals surface area contributed by atoms with Crippen molar-refractivity contribution in [3.63, 3.8) is 0 Å². The molecule has 0 fully saturated rings. The van der Waals surface area contributed by atoms with E-state index in [0.717, 1.165) is 5.56 Å². The Morgan fingerprint density at radius 2 is 1.74 bits per heavy atom. The van der Waals surface area contributed by atoms with Gasteiger partial charge in [0.05, 0.1) is 15.7 Å². The number of benzene rings is 2. The minimum atomic E-state index is -0.365. The summed E-state index contributed by atoms with van der Waals surface area (Å²) in [5.41, 5.74) is 1.37. The molecule has 0 radical (unpaired) electrons. The van der Waals surface area contributed by atoms with Crippen molar-refractivity contribution in [3.8, 4) is 0 Å². The number of thiocarbonyl (C=S) groups is 1. The Bertz CT molecular complexity index is 760. The van der Waals surface area contributed by atoms with Crippen LogP contribution in [0.1, 0.15) is 5.56 Å². The molecule has 0 spiro atoms. The van der Waals surface area contributed by atoms with E-state index in [9.17, 15) is 4.79 Å². The van der Waals surface area contributed by atoms with Crippen molar-refractivity contribution in [2.75, 3.05) is 5.32 Å². The Morgan fingerprint density at radius 1 is 1.04 bits per heavy atom. The summed E-state index contributed by atoms with van der Waals surface area (Å²) in [5.74, 6) is -0.365. The van der Waals surface area contributed by atoms with Gasteiger partial charge < -0.3 is 5.32 Å². The standard InChI is InChI=1S/C16H11Cl3N2OS/c17-11-7-4-10(5-8-11)6-9-14(22)21-16(23)20-13-3-1-2-12(18)15(13)19/h1-9H,(H2,20,21,22,23). The smallest absolute Gasteiger partial charge is 0.250 e. The monoisotopic (exact) mass is 384 g/mol. The zero-order valence-electron chi connectivity index (χ0n) is 11.6. The van der Waals surface area contributed by atoms with Gasteiger partial charge in [0, 0.05) is 11.1 Å². The van der Waals surface area contributed by atoms with E-state index in [1.807, 2.05) is 0 Å². The first-order valence-corrected chi connectivity index (χ1v) is 7.99. The van der Waals surface area contributed by atoms with Gasteiger partial charge in [-0.3, -0.25) is 10.1 Å². The largest absolute Gasteiger partial charge is 0.331 e. The van der Waals surface area contributed by atoms with Crippen molar-refractivity contribution in [1.29, 1.82) is 0 Å². The van der Waals surface area contributed by atoms with Crippen LogP contribution in [0.25, 0.3) is 6.08 Å². The molecule has 118 valence electrons. The Kier molecular flexibility index (Phi) is 6.42. The summed E-state index contributed by atoms with van der Waals surface area (Å²) in [5, 5.41) is 6.83. The number of rotatable bonds is 3. The van der Waals surface area contributed by atoms with Crippen LogP contribution in [0.4, 0.5) is 5.69 Å². The van der Waals surface area contributed by atoms with Crippen LogP contribution in [-0.2, 0) is 4.79 Å². The number of anilines is 1. The summed E-state index contributed by atoms with van der Waals surface area (Å²) in [6, 6.07) is 12.2. The molecule has 0 saturated heterocycles. The van der Waals surface area contributed by atoms with E-state index in [-0.39, 0.29) is 11.0 Å². The van der Waals surface area contributed by atoms with Gasteiger partial charge in [0.25, 0.3) is 0 Å². The van der Waals surface area contributed by atoms with Crippen molar-refractivity contribution in [2.24, 2.45) is 0 Å². The molecule has 0 aromatic heterocycles. The molecule has 3 nitrogen and oxygen atoms in total. The van der Waals surface area contributed by atoms with Gasteiger partial charge in [-0.1, -0.05) is 53.0 Å². The van der Waals surface area contributed by atoms with Crippen LogP contribution in [0.15, 0.2) is 48.5 Å². The SMILES string of the molecule is O=C(C=Cc1ccc(Cl)cc1)NC(=S)Nc1cccc(Cl)c1Cl. The van der Waals surface area contributed by atoms with Gasteiger partial charge in [0.15, 0.2) is 5.11 Å². The lowest BCUT2D eigenvalue weighted by Crippen LogP contribution is -2.32. The normalized spacial score (nSPS) is 10.6. The first kappa shape index (κ1) is 17.8.